The number of carbonyl (C=O) groups excluding carboxylic acids is 1. The molecule has 2 fully saturated rings. The molecule has 1 aromatic heterocycles. The molecule has 0 radical (unpaired) electrons. The van der Waals surface area contributed by atoms with Crippen LogP contribution in [0.15, 0.2) is 30.3 Å². The number of hydrogen-bond acceptors (Lipinski definition) is 6. The van der Waals surface area contributed by atoms with E-state index < -0.39 is 0 Å². The Morgan fingerprint density at radius 1 is 0.968 bits per heavy atom. The van der Waals surface area contributed by atoms with E-state index in [2.05, 4.69) is 32.8 Å². The van der Waals surface area contributed by atoms with Crippen LogP contribution < -0.4 is 9.80 Å². The number of halogens is 1. The molecule has 8 heteroatoms. The first kappa shape index (κ1) is 21.8. The van der Waals surface area contributed by atoms with E-state index in [4.69, 9.17) is 16.6 Å². The fourth-order valence-corrected chi connectivity index (χ4v) is 4.35. The van der Waals surface area contributed by atoms with Crippen molar-refractivity contribution >= 4 is 29.3 Å². The fraction of sp³-hybridized carbons (Fsp3) is 0.522. The van der Waals surface area contributed by atoms with Gasteiger partial charge in [0.25, 0.3) is 0 Å². The predicted octanol–water partition coefficient (Wildman–Crippen LogP) is 2.47. The Bertz CT molecular complexity index is 907. The molecule has 1 aromatic carbocycles. The van der Waals surface area contributed by atoms with Gasteiger partial charge in [0, 0.05) is 75.6 Å². The van der Waals surface area contributed by atoms with Crippen LogP contribution in [-0.2, 0) is 11.2 Å². The lowest BCUT2D eigenvalue weighted by Crippen LogP contribution is -2.49. The first-order valence-electron chi connectivity index (χ1n) is 11.0. The lowest BCUT2D eigenvalue weighted by atomic mass is 10.1. The molecule has 0 spiro atoms. The second-order valence-electron chi connectivity index (χ2n) is 8.46. The van der Waals surface area contributed by atoms with Gasteiger partial charge in [-0.3, -0.25) is 4.79 Å². The van der Waals surface area contributed by atoms with Crippen LogP contribution in [0.3, 0.4) is 0 Å². The number of rotatable bonds is 5. The van der Waals surface area contributed by atoms with E-state index >= 15 is 0 Å². The predicted molar refractivity (Wildman–Crippen MR) is 125 cm³/mol. The molecule has 0 saturated carbocycles. The van der Waals surface area contributed by atoms with Gasteiger partial charge in [-0.15, -0.1) is 0 Å². The van der Waals surface area contributed by atoms with E-state index in [0.717, 1.165) is 68.7 Å². The van der Waals surface area contributed by atoms with Crippen molar-refractivity contribution in [3.8, 4) is 0 Å². The third kappa shape index (κ3) is 5.66. The Morgan fingerprint density at radius 3 is 2.39 bits per heavy atom. The number of nitrogens with zero attached hydrogens (tertiary/aromatic N) is 6. The quantitative estimate of drug-likeness (QED) is 0.709. The van der Waals surface area contributed by atoms with E-state index in [9.17, 15) is 4.79 Å². The van der Waals surface area contributed by atoms with E-state index in [1.165, 1.54) is 0 Å². The summed E-state index contributed by atoms with van der Waals surface area (Å²) in [5.74, 6) is 1.98. The molecule has 166 valence electrons. The van der Waals surface area contributed by atoms with Gasteiger partial charge in [0.15, 0.2) is 0 Å². The normalized spacial score (nSPS) is 17.8. The molecule has 2 saturated heterocycles. The van der Waals surface area contributed by atoms with Crippen molar-refractivity contribution in [1.29, 1.82) is 0 Å². The van der Waals surface area contributed by atoms with Crippen LogP contribution in [0.4, 0.5) is 11.8 Å². The Morgan fingerprint density at radius 2 is 1.68 bits per heavy atom. The molecular formula is C23H31ClN6O. The Labute approximate surface area is 189 Å². The van der Waals surface area contributed by atoms with Crippen LogP contribution >= 0.6 is 11.6 Å². The molecule has 2 aliphatic rings. The fourth-order valence-electron chi connectivity index (χ4n) is 4.13. The van der Waals surface area contributed by atoms with Gasteiger partial charge in [0.2, 0.25) is 11.9 Å². The van der Waals surface area contributed by atoms with Gasteiger partial charge in [-0.25, -0.2) is 4.98 Å². The van der Waals surface area contributed by atoms with Crippen LogP contribution in [0.5, 0.6) is 0 Å². The van der Waals surface area contributed by atoms with Gasteiger partial charge in [-0.05, 0) is 38.1 Å². The van der Waals surface area contributed by atoms with Crippen molar-refractivity contribution in [2.24, 2.45) is 0 Å². The average molecular weight is 443 g/mol. The third-order valence-electron chi connectivity index (χ3n) is 6.09. The van der Waals surface area contributed by atoms with Gasteiger partial charge in [-0.2, -0.15) is 4.98 Å². The molecule has 0 N–H and O–H groups in total. The number of benzene rings is 1. The van der Waals surface area contributed by atoms with Gasteiger partial charge < -0.3 is 19.6 Å². The molecule has 31 heavy (non-hydrogen) atoms. The second kappa shape index (κ2) is 9.83. The van der Waals surface area contributed by atoms with E-state index in [-0.39, 0.29) is 5.91 Å². The zero-order valence-corrected chi connectivity index (χ0v) is 19.2. The van der Waals surface area contributed by atoms with E-state index in [1.807, 2.05) is 36.1 Å². The summed E-state index contributed by atoms with van der Waals surface area (Å²) in [6, 6.07) is 9.81. The van der Waals surface area contributed by atoms with Crippen LogP contribution in [0.2, 0.25) is 5.02 Å². The molecule has 2 aromatic rings. The zero-order valence-electron chi connectivity index (χ0n) is 18.4. The summed E-state index contributed by atoms with van der Waals surface area (Å²) in [5.41, 5.74) is 2.09. The minimum Gasteiger partial charge on any atom is -0.354 e. The third-order valence-corrected chi connectivity index (χ3v) is 6.32. The minimum absolute atomic E-state index is 0.197. The molecule has 0 bridgehead atoms. The largest absolute Gasteiger partial charge is 0.354 e. The van der Waals surface area contributed by atoms with Crippen molar-refractivity contribution in [3.63, 3.8) is 0 Å². The molecule has 1 amide bonds. The summed E-state index contributed by atoms with van der Waals surface area (Å²) in [4.78, 5) is 31.1. The summed E-state index contributed by atoms with van der Waals surface area (Å²) in [7, 11) is 2.16. The van der Waals surface area contributed by atoms with Crippen molar-refractivity contribution in [2.75, 3.05) is 69.2 Å². The number of anilines is 2. The standard InChI is InChI=1S/C23H31ClN6O/c1-18-16-21(28-10-8-27(2)9-11-28)26-23(25-18)30-14-12-29(13-15-30)22(31)7-6-19-4-3-5-20(24)17-19/h3-5,16-17H,6-15H2,1-2H3. The lowest BCUT2D eigenvalue weighted by molar-refractivity contribution is -0.131. The van der Waals surface area contributed by atoms with Crippen LogP contribution in [0, 0.1) is 6.92 Å². The molecule has 4 rings (SSSR count). The number of amides is 1. The maximum Gasteiger partial charge on any atom is 0.227 e. The Kier molecular flexibility index (Phi) is 6.92. The molecule has 3 heterocycles. The monoisotopic (exact) mass is 442 g/mol. The Hall–Kier alpha value is -2.38. The van der Waals surface area contributed by atoms with Crippen LogP contribution in [0.25, 0.3) is 0 Å². The first-order chi connectivity index (χ1) is 15.0. The van der Waals surface area contributed by atoms with Gasteiger partial charge in [0.1, 0.15) is 5.82 Å². The topological polar surface area (TPSA) is 55.8 Å². The van der Waals surface area contributed by atoms with E-state index in [0.29, 0.717) is 24.5 Å². The van der Waals surface area contributed by atoms with Crippen LogP contribution in [-0.4, -0.2) is 85.1 Å². The molecule has 0 unspecified atom stereocenters. The first-order valence-corrected chi connectivity index (χ1v) is 11.4. The summed E-state index contributed by atoms with van der Waals surface area (Å²) in [6.45, 7) is 9.03. The lowest BCUT2D eigenvalue weighted by Gasteiger charge is -2.36. The minimum atomic E-state index is 0.197. The van der Waals surface area contributed by atoms with Crippen LogP contribution in [0.1, 0.15) is 17.7 Å². The van der Waals surface area contributed by atoms with Gasteiger partial charge in [0.05, 0.1) is 0 Å². The number of aromatic nitrogens is 2. The molecule has 2 aliphatic heterocycles. The van der Waals surface area contributed by atoms with Crippen molar-refractivity contribution < 1.29 is 4.79 Å². The Balaban J connectivity index is 1.32. The average Bonchev–Trinajstić information content (AvgIpc) is 2.78. The van der Waals surface area contributed by atoms with Gasteiger partial charge in [-0.1, -0.05) is 23.7 Å². The highest BCUT2D eigenvalue weighted by atomic mass is 35.5. The molecule has 0 aliphatic carbocycles. The highest BCUT2D eigenvalue weighted by Gasteiger charge is 2.24. The van der Waals surface area contributed by atoms with Crippen molar-refractivity contribution in [2.45, 2.75) is 19.8 Å². The molecular weight excluding hydrogens is 412 g/mol. The summed E-state index contributed by atoms with van der Waals surface area (Å²) in [5, 5.41) is 0.715. The van der Waals surface area contributed by atoms with Gasteiger partial charge >= 0.3 is 0 Å². The number of hydrogen-bond donors (Lipinski definition) is 0. The number of carbonyl (C=O) groups is 1. The summed E-state index contributed by atoms with van der Waals surface area (Å²) < 4.78 is 0. The number of piperazine rings is 2. The molecule has 7 nitrogen and oxygen atoms in total. The summed E-state index contributed by atoms with van der Waals surface area (Å²) in [6.07, 6.45) is 1.23. The van der Waals surface area contributed by atoms with Crippen molar-refractivity contribution in [1.82, 2.24) is 19.8 Å². The molecule has 0 atom stereocenters. The maximum absolute atomic E-state index is 12.7. The SMILES string of the molecule is Cc1cc(N2CCN(C)CC2)nc(N2CCN(C(=O)CCc3cccc(Cl)c3)CC2)n1. The van der Waals surface area contributed by atoms with E-state index in [1.54, 1.807) is 0 Å². The zero-order chi connectivity index (χ0) is 21.8. The highest BCUT2D eigenvalue weighted by molar-refractivity contribution is 6.30. The smallest absolute Gasteiger partial charge is 0.227 e. The number of likely N-dealkylation sites (N-methyl/N-ethyl adjacent to an activating group) is 1. The van der Waals surface area contributed by atoms with Crippen molar-refractivity contribution in [3.05, 3.63) is 46.6 Å². The second-order valence-corrected chi connectivity index (χ2v) is 8.89. The summed E-state index contributed by atoms with van der Waals surface area (Å²) >= 11 is 6.04. The highest BCUT2D eigenvalue weighted by Crippen LogP contribution is 2.20. The maximum atomic E-state index is 12.7. The number of aryl methyl sites for hydroxylation is 2.